The maximum atomic E-state index is 14.2. The van der Waals surface area contributed by atoms with E-state index in [1.807, 2.05) is 0 Å². The van der Waals surface area contributed by atoms with Gasteiger partial charge in [-0.25, -0.2) is 17.2 Å². The summed E-state index contributed by atoms with van der Waals surface area (Å²) in [5.41, 5.74) is 0.844. The van der Waals surface area contributed by atoms with E-state index in [-0.39, 0.29) is 34.6 Å². The van der Waals surface area contributed by atoms with Crippen molar-refractivity contribution in [3.8, 4) is 11.5 Å². The summed E-state index contributed by atoms with van der Waals surface area (Å²) in [6.45, 7) is 1.97. The summed E-state index contributed by atoms with van der Waals surface area (Å²) >= 11 is 0. The van der Waals surface area contributed by atoms with Crippen LogP contribution in [0.2, 0.25) is 0 Å². The lowest BCUT2D eigenvalue weighted by Crippen LogP contribution is -2.42. The van der Waals surface area contributed by atoms with Gasteiger partial charge in [0.05, 0.1) is 11.8 Å². The van der Waals surface area contributed by atoms with Gasteiger partial charge in [-0.05, 0) is 73.8 Å². The fraction of sp³-hybridized carbons (Fsp3) is 0.308. The maximum absolute atomic E-state index is 14.2. The van der Waals surface area contributed by atoms with Gasteiger partial charge in [0.2, 0.25) is 0 Å². The molecule has 1 N–H and O–H groups in total. The van der Waals surface area contributed by atoms with Crippen molar-refractivity contribution in [2.24, 2.45) is 5.92 Å². The van der Waals surface area contributed by atoms with Crippen LogP contribution in [0.4, 0.5) is 14.5 Å². The standard InChI is InChI=1S/C26H26F2N2O4S/c27-20-7-5-19(6-8-20)23(31)17-29-13-11-18(12-14-29)16-30-22-15-21(28)9-10-24(22)34-25-3-1-2-4-26(25)35(30,32)33/h1-10,15,18,23,31H,11-14,16-17H2/t23-/m0/s1. The number of rotatable bonds is 5. The first-order chi connectivity index (χ1) is 16.8. The van der Waals surface area contributed by atoms with Crippen LogP contribution in [0.5, 0.6) is 11.5 Å². The number of hydrogen-bond donors (Lipinski definition) is 1. The summed E-state index contributed by atoms with van der Waals surface area (Å²) in [7, 11) is -3.96. The molecule has 0 unspecified atom stereocenters. The van der Waals surface area contributed by atoms with Crippen LogP contribution in [0.15, 0.2) is 71.6 Å². The zero-order valence-electron chi connectivity index (χ0n) is 19.0. The highest BCUT2D eigenvalue weighted by Crippen LogP contribution is 2.43. The number of piperidine rings is 1. The molecule has 0 aliphatic carbocycles. The molecule has 184 valence electrons. The molecule has 0 bridgehead atoms. The lowest BCUT2D eigenvalue weighted by molar-refractivity contribution is 0.0904. The Bertz CT molecular complexity index is 1310. The molecule has 0 saturated carbocycles. The van der Waals surface area contributed by atoms with E-state index in [0.29, 0.717) is 30.9 Å². The Morgan fingerprint density at radius 3 is 2.37 bits per heavy atom. The molecule has 1 fully saturated rings. The molecule has 2 aliphatic rings. The molecule has 1 saturated heterocycles. The van der Waals surface area contributed by atoms with E-state index < -0.39 is 21.9 Å². The second-order valence-electron chi connectivity index (χ2n) is 9.01. The molecule has 1 atom stereocenters. The summed E-state index contributed by atoms with van der Waals surface area (Å²) in [6, 6.07) is 16.1. The summed E-state index contributed by atoms with van der Waals surface area (Å²) in [5, 5.41) is 10.5. The summed E-state index contributed by atoms with van der Waals surface area (Å²) in [4.78, 5) is 2.17. The average Bonchev–Trinajstić information content (AvgIpc) is 2.93. The Morgan fingerprint density at radius 2 is 1.63 bits per heavy atom. The van der Waals surface area contributed by atoms with E-state index in [1.165, 1.54) is 40.7 Å². The number of nitrogens with zero attached hydrogens (tertiary/aromatic N) is 2. The SMILES string of the molecule is O=S1(=O)c2ccccc2Oc2ccc(F)cc2N1CC1CCN(C[C@H](O)c2ccc(F)cc2)CC1. The average molecular weight is 501 g/mol. The quantitative estimate of drug-likeness (QED) is 0.550. The van der Waals surface area contributed by atoms with Gasteiger partial charge in [-0.2, -0.15) is 0 Å². The highest BCUT2D eigenvalue weighted by Gasteiger charge is 2.36. The van der Waals surface area contributed by atoms with E-state index in [9.17, 15) is 22.3 Å². The monoisotopic (exact) mass is 500 g/mol. The third kappa shape index (κ3) is 4.89. The van der Waals surface area contributed by atoms with Crippen molar-refractivity contribution in [1.82, 2.24) is 4.90 Å². The smallest absolute Gasteiger partial charge is 0.268 e. The third-order valence-electron chi connectivity index (χ3n) is 6.64. The molecule has 0 aromatic heterocycles. The van der Waals surface area contributed by atoms with Crippen molar-refractivity contribution in [1.29, 1.82) is 0 Å². The zero-order chi connectivity index (χ0) is 24.6. The number of fused-ring (bicyclic) bond motifs is 2. The van der Waals surface area contributed by atoms with Crippen LogP contribution >= 0.6 is 0 Å². The Kier molecular flexibility index (Phi) is 6.48. The normalized spacial score (nSPS) is 18.8. The molecule has 3 aromatic rings. The van der Waals surface area contributed by atoms with Crippen LogP contribution in [0, 0.1) is 17.6 Å². The first-order valence-corrected chi connectivity index (χ1v) is 13.0. The van der Waals surface area contributed by atoms with Crippen LogP contribution in [0.1, 0.15) is 24.5 Å². The van der Waals surface area contributed by atoms with Crippen LogP contribution in [0.3, 0.4) is 0 Å². The minimum atomic E-state index is -3.96. The highest BCUT2D eigenvalue weighted by molar-refractivity contribution is 7.93. The van der Waals surface area contributed by atoms with Crippen molar-refractivity contribution in [2.75, 3.05) is 30.5 Å². The summed E-state index contributed by atoms with van der Waals surface area (Å²) < 4.78 is 61.7. The lowest BCUT2D eigenvalue weighted by Gasteiger charge is -2.35. The number of ether oxygens (including phenoxy) is 1. The Hall–Kier alpha value is -3.01. The Morgan fingerprint density at radius 1 is 0.943 bits per heavy atom. The number of anilines is 1. The van der Waals surface area contributed by atoms with Gasteiger partial charge in [-0.3, -0.25) is 4.31 Å². The second kappa shape index (κ2) is 9.56. The molecule has 5 rings (SSSR count). The minimum absolute atomic E-state index is 0.0466. The number of β-amino-alcohol motifs (C(OH)–C–C–N with tert-alkyl or cyclic N) is 1. The summed E-state index contributed by atoms with van der Waals surface area (Å²) in [6.07, 6.45) is 0.701. The predicted octanol–water partition coefficient (Wildman–Crippen LogP) is 4.71. The van der Waals surface area contributed by atoms with Gasteiger partial charge in [-0.1, -0.05) is 24.3 Å². The lowest BCUT2D eigenvalue weighted by atomic mass is 9.96. The second-order valence-corrected chi connectivity index (χ2v) is 10.8. The molecule has 0 radical (unpaired) electrons. The molecule has 9 heteroatoms. The number of benzene rings is 3. The van der Waals surface area contributed by atoms with Crippen molar-refractivity contribution < 1.29 is 27.0 Å². The van der Waals surface area contributed by atoms with Crippen LogP contribution in [0.25, 0.3) is 0 Å². The van der Waals surface area contributed by atoms with Gasteiger partial charge in [0.25, 0.3) is 10.0 Å². The van der Waals surface area contributed by atoms with Gasteiger partial charge in [0.15, 0.2) is 5.75 Å². The van der Waals surface area contributed by atoms with Crippen molar-refractivity contribution in [3.63, 3.8) is 0 Å². The number of sulfonamides is 1. The number of hydrogen-bond acceptors (Lipinski definition) is 5. The third-order valence-corrected chi connectivity index (χ3v) is 8.46. The first kappa shape index (κ1) is 23.7. The van der Waals surface area contributed by atoms with E-state index >= 15 is 0 Å². The molecule has 3 aromatic carbocycles. The summed E-state index contributed by atoms with van der Waals surface area (Å²) in [5.74, 6) is -0.333. The minimum Gasteiger partial charge on any atom is -0.454 e. The predicted molar refractivity (Wildman–Crippen MR) is 128 cm³/mol. The van der Waals surface area contributed by atoms with Crippen molar-refractivity contribution in [3.05, 3.63) is 83.9 Å². The van der Waals surface area contributed by atoms with Gasteiger partial charge in [-0.15, -0.1) is 0 Å². The zero-order valence-corrected chi connectivity index (χ0v) is 19.8. The van der Waals surface area contributed by atoms with Crippen LogP contribution in [-0.2, 0) is 10.0 Å². The number of likely N-dealkylation sites (tertiary alicyclic amines) is 1. The van der Waals surface area contributed by atoms with Crippen LogP contribution < -0.4 is 9.04 Å². The molecule has 0 amide bonds. The topological polar surface area (TPSA) is 70.1 Å². The van der Waals surface area contributed by atoms with Gasteiger partial charge in [0, 0.05) is 19.2 Å². The first-order valence-electron chi connectivity index (χ1n) is 11.6. The van der Waals surface area contributed by atoms with Crippen molar-refractivity contribution >= 4 is 15.7 Å². The van der Waals surface area contributed by atoms with Gasteiger partial charge >= 0.3 is 0 Å². The van der Waals surface area contributed by atoms with E-state index in [2.05, 4.69) is 4.90 Å². The fourth-order valence-corrected chi connectivity index (χ4v) is 6.36. The van der Waals surface area contributed by atoms with E-state index in [4.69, 9.17) is 4.74 Å². The molecule has 2 aliphatic heterocycles. The molecule has 0 spiro atoms. The number of para-hydroxylation sites is 1. The molecule has 2 heterocycles. The number of aliphatic hydroxyl groups excluding tert-OH is 1. The van der Waals surface area contributed by atoms with Gasteiger partial charge < -0.3 is 14.7 Å². The molecular formula is C26H26F2N2O4S. The maximum Gasteiger partial charge on any atom is 0.268 e. The molecule has 35 heavy (non-hydrogen) atoms. The van der Waals surface area contributed by atoms with Crippen molar-refractivity contribution in [2.45, 2.75) is 23.8 Å². The molecular weight excluding hydrogens is 474 g/mol. The number of halogens is 2. The Labute approximate surface area is 203 Å². The van der Waals surface area contributed by atoms with Gasteiger partial charge in [0.1, 0.15) is 22.3 Å². The largest absolute Gasteiger partial charge is 0.454 e. The number of aliphatic hydroxyl groups is 1. The molecule has 6 nitrogen and oxygen atoms in total. The highest BCUT2D eigenvalue weighted by atomic mass is 32.2. The Balaban J connectivity index is 1.32. The fourth-order valence-electron chi connectivity index (χ4n) is 4.70. The van der Waals surface area contributed by atoms with Crippen LogP contribution in [-0.4, -0.2) is 44.6 Å². The van der Waals surface area contributed by atoms with E-state index in [0.717, 1.165) is 12.8 Å². The van der Waals surface area contributed by atoms with E-state index in [1.54, 1.807) is 30.3 Å².